The lowest BCUT2D eigenvalue weighted by atomic mass is 10.0. The quantitative estimate of drug-likeness (QED) is 0.491. The van der Waals surface area contributed by atoms with Crippen molar-refractivity contribution in [1.29, 1.82) is 0 Å². The van der Waals surface area contributed by atoms with E-state index in [1.807, 2.05) is 0 Å². The summed E-state index contributed by atoms with van der Waals surface area (Å²) >= 11 is 0. The highest BCUT2D eigenvalue weighted by Gasteiger charge is 1.95. The first-order chi connectivity index (χ1) is 12.1. The minimum absolute atomic E-state index is 1.03. The van der Waals surface area contributed by atoms with Gasteiger partial charge in [0.25, 0.3) is 0 Å². The summed E-state index contributed by atoms with van der Waals surface area (Å²) in [5.74, 6) is 0. The molecule has 0 heteroatoms. The van der Waals surface area contributed by atoms with Crippen LogP contribution in [0.3, 0.4) is 0 Å². The number of hydrogen-bond donors (Lipinski definition) is 0. The zero-order chi connectivity index (χ0) is 18.1. The average molecular weight is 331 g/mol. The molecular formula is C25H30. The molecule has 0 saturated heterocycles. The SMILES string of the molecule is CCCc1ccc(C)cc1.Cc1ccc(Cc2ccc(C)cc2)cc1. The third-order valence-electron chi connectivity index (χ3n) is 4.31. The third kappa shape index (κ3) is 6.97. The summed E-state index contributed by atoms with van der Waals surface area (Å²) in [5, 5.41) is 0. The molecular weight excluding hydrogens is 300 g/mol. The molecule has 3 aromatic carbocycles. The lowest BCUT2D eigenvalue weighted by Gasteiger charge is -2.03. The molecule has 0 aliphatic rings. The number of aryl methyl sites for hydroxylation is 4. The maximum atomic E-state index is 2.21. The zero-order valence-corrected chi connectivity index (χ0v) is 16.0. The van der Waals surface area contributed by atoms with Crippen LogP contribution in [-0.2, 0) is 12.8 Å². The first-order valence-corrected chi connectivity index (χ1v) is 9.23. The van der Waals surface area contributed by atoms with Gasteiger partial charge in [-0.3, -0.25) is 0 Å². The first-order valence-electron chi connectivity index (χ1n) is 9.23. The van der Waals surface area contributed by atoms with Gasteiger partial charge in [-0.15, -0.1) is 0 Å². The van der Waals surface area contributed by atoms with Gasteiger partial charge in [0.15, 0.2) is 0 Å². The molecule has 0 unspecified atom stereocenters. The van der Waals surface area contributed by atoms with Gasteiger partial charge in [-0.05, 0) is 50.3 Å². The van der Waals surface area contributed by atoms with Crippen LogP contribution >= 0.6 is 0 Å². The van der Waals surface area contributed by atoms with Crippen molar-refractivity contribution in [3.8, 4) is 0 Å². The zero-order valence-electron chi connectivity index (χ0n) is 16.0. The van der Waals surface area contributed by atoms with Crippen molar-refractivity contribution >= 4 is 0 Å². The minimum Gasteiger partial charge on any atom is -0.0651 e. The van der Waals surface area contributed by atoms with E-state index in [0.29, 0.717) is 0 Å². The Morgan fingerprint density at radius 2 is 0.800 bits per heavy atom. The van der Waals surface area contributed by atoms with Gasteiger partial charge in [-0.25, -0.2) is 0 Å². The van der Waals surface area contributed by atoms with Crippen molar-refractivity contribution in [3.05, 3.63) is 106 Å². The van der Waals surface area contributed by atoms with Gasteiger partial charge >= 0.3 is 0 Å². The van der Waals surface area contributed by atoms with Crippen LogP contribution in [0.2, 0.25) is 0 Å². The molecule has 0 aromatic heterocycles. The maximum absolute atomic E-state index is 2.21. The number of hydrogen-bond acceptors (Lipinski definition) is 0. The number of rotatable bonds is 4. The van der Waals surface area contributed by atoms with E-state index in [2.05, 4.69) is 100 Å². The molecule has 0 heterocycles. The monoisotopic (exact) mass is 330 g/mol. The largest absolute Gasteiger partial charge is 0.0651 e. The van der Waals surface area contributed by atoms with Crippen molar-refractivity contribution in [1.82, 2.24) is 0 Å². The lowest BCUT2D eigenvalue weighted by molar-refractivity contribution is 0.921. The molecule has 0 aliphatic carbocycles. The van der Waals surface area contributed by atoms with Gasteiger partial charge in [0.2, 0.25) is 0 Å². The Kier molecular flexibility index (Phi) is 7.47. The fourth-order valence-electron chi connectivity index (χ4n) is 2.69. The second-order valence-electron chi connectivity index (χ2n) is 6.88. The Morgan fingerprint density at radius 1 is 0.480 bits per heavy atom. The molecule has 0 amide bonds. The van der Waals surface area contributed by atoms with Crippen LogP contribution in [0.4, 0.5) is 0 Å². The number of benzene rings is 3. The van der Waals surface area contributed by atoms with Crippen LogP contribution in [0.15, 0.2) is 72.8 Å². The molecule has 3 rings (SSSR count). The molecule has 3 aromatic rings. The summed E-state index contributed by atoms with van der Waals surface area (Å²) in [6.07, 6.45) is 3.48. The van der Waals surface area contributed by atoms with Crippen molar-refractivity contribution in [2.45, 2.75) is 47.0 Å². The minimum atomic E-state index is 1.03. The summed E-state index contributed by atoms with van der Waals surface area (Å²) in [5.41, 5.74) is 8.20. The standard InChI is InChI=1S/C15H16.C10H14/c1-12-3-7-14(8-4-12)11-15-9-5-13(2)6-10-15;1-3-4-10-7-5-9(2)6-8-10/h3-10H,11H2,1-2H3;5-8H,3-4H2,1-2H3. The average Bonchev–Trinajstić information content (AvgIpc) is 2.62. The molecule has 25 heavy (non-hydrogen) atoms. The van der Waals surface area contributed by atoms with E-state index >= 15 is 0 Å². The molecule has 0 nitrogen and oxygen atoms in total. The maximum Gasteiger partial charge on any atom is -0.00258 e. The third-order valence-corrected chi connectivity index (χ3v) is 4.31. The molecule has 130 valence electrons. The molecule has 0 bridgehead atoms. The summed E-state index contributed by atoms with van der Waals surface area (Å²) in [7, 11) is 0. The molecule has 0 radical (unpaired) electrons. The van der Waals surface area contributed by atoms with E-state index in [9.17, 15) is 0 Å². The topological polar surface area (TPSA) is 0 Å². The summed E-state index contributed by atoms with van der Waals surface area (Å²) in [6.45, 7) is 8.57. The fraction of sp³-hybridized carbons (Fsp3) is 0.280. The predicted octanol–water partition coefficient (Wildman–Crippen LogP) is 6.84. The molecule has 0 spiro atoms. The highest BCUT2D eigenvalue weighted by atomic mass is 14.0. The molecule has 0 fully saturated rings. The highest BCUT2D eigenvalue weighted by Crippen LogP contribution is 2.11. The second-order valence-corrected chi connectivity index (χ2v) is 6.88. The molecule has 0 N–H and O–H groups in total. The fourth-order valence-corrected chi connectivity index (χ4v) is 2.69. The summed E-state index contributed by atoms with van der Waals surface area (Å²) in [6, 6.07) is 26.3. The van der Waals surface area contributed by atoms with Gasteiger partial charge < -0.3 is 0 Å². The van der Waals surface area contributed by atoms with Crippen LogP contribution < -0.4 is 0 Å². The van der Waals surface area contributed by atoms with Gasteiger partial charge in [-0.1, -0.05) is 103 Å². The molecule has 0 saturated carbocycles. The van der Waals surface area contributed by atoms with Gasteiger partial charge in [0.1, 0.15) is 0 Å². The Bertz CT molecular complexity index is 688. The first kappa shape index (κ1) is 19.0. The Hall–Kier alpha value is -2.34. The van der Waals surface area contributed by atoms with Crippen LogP contribution in [0.25, 0.3) is 0 Å². The van der Waals surface area contributed by atoms with E-state index < -0.39 is 0 Å². The van der Waals surface area contributed by atoms with Crippen molar-refractivity contribution in [3.63, 3.8) is 0 Å². The van der Waals surface area contributed by atoms with Gasteiger partial charge in [-0.2, -0.15) is 0 Å². The van der Waals surface area contributed by atoms with Crippen LogP contribution in [0.1, 0.15) is 46.7 Å². The van der Waals surface area contributed by atoms with Gasteiger partial charge in [0, 0.05) is 0 Å². The normalized spacial score (nSPS) is 10.1. The second kappa shape index (κ2) is 9.84. The lowest BCUT2D eigenvalue weighted by Crippen LogP contribution is -1.88. The van der Waals surface area contributed by atoms with Crippen LogP contribution in [0, 0.1) is 20.8 Å². The smallest absolute Gasteiger partial charge is 0.00258 e. The van der Waals surface area contributed by atoms with E-state index in [4.69, 9.17) is 0 Å². The van der Waals surface area contributed by atoms with E-state index in [-0.39, 0.29) is 0 Å². The van der Waals surface area contributed by atoms with Gasteiger partial charge in [0.05, 0.1) is 0 Å². The Morgan fingerprint density at radius 3 is 1.12 bits per heavy atom. The summed E-state index contributed by atoms with van der Waals surface area (Å²) < 4.78 is 0. The van der Waals surface area contributed by atoms with Crippen molar-refractivity contribution in [2.24, 2.45) is 0 Å². The van der Waals surface area contributed by atoms with E-state index in [1.54, 1.807) is 0 Å². The Labute approximate surface area is 153 Å². The molecule has 0 atom stereocenters. The van der Waals surface area contributed by atoms with Crippen molar-refractivity contribution in [2.75, 3.05) is 0 Å². The van der Waals surface area contributed by atoms with Crippen LogP contribution in [0.5, 0.6) is 0 Å². The summed E-state index contributed by atoms with van der Waals surface area (Å²) in [4.78, 5) is 0. The Balaban J connectivity index is 0.000000196. The molecule has 0 aliphatic heterocycles. The van der Waals surface area contributed by atoms with Crippen LogP contribution in [-0.4, -0.2) is 0 Å². The highest BCUT2D eigenvalue weighted by molar-refractivity contribution is 5.29. The van der Waals surface area contributed by atoms with Crippen molar-refractivity contribution < 1.29 is 0 Å². The van der Waals surface area contributed by atoms with E-state index in [1.165, 1.54) is 46.2 Å². The predicted molar refractivity (Wildman–Crippen MR) is 110 cm³/mol. The van der Waals surface area contributed by atoms with E-state index in [0.717, 1.165) is 6.42 Å².